The minimum absolute atomic E-state index is 0.0324. The smallest absolute Gasteiger partial charge is 0.266 e. The summed E-state index contributed by atoms with van der Waals surface area (Å²) in [6.07, 6.45) is 2.42. The first-order valence-electron chi connectivity index (χ1n) is 11.0. The fourth-order valence-corrected chi connectivity index (χ4v) is 5.42. The molecule has 10 heteroatoms. The molecule has 1 aliphatic heterocycles. The molecule has 1 fully saturated rings. The molecule has 0 aromatic heterocycles. The molecule has 3 aromatic rings. The largest absolute Gasteiger partial charge is 0.326 e. The van der Waals surface area contributed by atoms with E-state index in [0.717, 1.165) is 16.7 Å². The number of nitrogens with one attached hydrogen (secondary N) is 1. The number of hydrogen-bond acceptors (Lipinski definition) is 6. The molecule has 0 bridgehead atoms. The van der Waals surface area contributed by atoms with Gasteiger partial charge in [-0.25, -0.2) is 13.6 Å². The summed E-state index contributed by atoms with van der Waals surface area (Å²) in [5.41, 5.74) is 3.58. The van der Waals surface area contributed by atoms with Crippen molar-refractivity contribution in [2.75, 3.05) is 11.9 Å². The Kier molecular flexibility index (Phi) is 8.00. The molecule has 1 heterocycles. The van der Waals surface area contributed by atoms with Gasteiger partial charge in [0.25, 0.3) is 5.91 Å². The van der Waals surface area contributed by atoms with Crippen LogP contribution in [0.5, 0.6) is 0 Å². The summed E-state index contributed by atoms with van der Waals surface area (Å²) in [4.78, 5) is 27.2. The Bertz CT molecular complexity index is 1420. The number of thiocarbonyl (C=S) groups is 1. The molecule has 1 aliphatic rings. The number of hydrogen-bond donors (Lipinski definition) is 2. The average Bonchev–Trinajstić information content (AvgIpc) is 3.12. The van der Waals surface area contributed by atoms with E-state index in [0.29, 0.717) is 27.9 Å². The highest BCUT2D eigenvalue weighted by Gasteiger charge is 2.31. The number of primary sulfonamides is 1. The molecule has 0 atom stereocenters. The van der Waals surface area contributed by atoms with E-state index < -0.39 is 10.0 Å². The van der Waals surface area contributed by atoms with Gasteiger partial charge in [0.2, 0.25) is 15.9 Å². The number of nitrogens with zero attached hydrogens (tertiary/aromatic N) is 1. The van der Waals surface area contributed by atoms with E-state index in [9.17, 15) is 18.0 Å². The van der Waals surface area contributed by atoms with Crippen molar-refractivity contribution in [3.05, 3.63) is 89.3 Å². The molecular weight excluding hydrogens is 515 g/mol. The molecule has 36 heavy (non-hydrogen) atoms. The third kappa shape index (κ3) is 6.46. The number of rotatable bonds is 8. The fraction of sp³-hybridized carbons (Fsp3) is 0.115. The van der Waals surface area contributed by atoms with Crippen molar-refractivity contribution in [1.82, 2.24) is 4.90 Å². The van der Waals surface area contributed by atoms with E-state index in [1.165, 1.54) is 40.9 Å². The zero-order chi connectivity index (χ0) is 25.7. The van der Waals surface area contributed by atoms with Crippen molar-refractivity contribution < 1.29 is 18.0 Å². The zero-order valence-corrected chi connectivity index (χ0v) is 21.5. The maximum atomic E-state index is 12.9. The van der Waals surface area contributed by atoms with Crippen LogP contribution < -0.4 is 10.5 Å². The minimum atomic E-state index is -3.79. The first-order valence-corrected chi connectivity index (χ1v) is 13.8. The van der Waals surface area contributed by atoms with Gasteiger partial charge in [-0.05, 0) is 53.5 Å². The van der Waals surface area contributed by atoms with Crippen LogP contribution in [0, 0.1) is 0 Å². The number of sulfonamides is 1. The number of amides is 2. The Hall–Kier alpha value is -3.31. The van der Waals surface area contributed by atoms with Crippen molar-refractivity contribution >= 4 is 61.9 Å². The quantitative estimate of drug-likeness (QED) is 0.321. The first-order chi connectivity index (χ1) is 17.2. The number of carbonyl (C=O) groups excluding carboxylic acids is 2. The third-order valence-electron chi connectivity index (χ3n) is 5.44. The standard InChI is InChI=1S/C26H23N3O4S3/c27-36(32,33)22-14-12-21(13-15-22)28-24(30)7-4-16-29-25(31)23(35-26(29)34)17-18-8-10-20(11-9-18)19-5-2-1-3-6-19/h1-3,5-6,8-15,17H,4,7,16H2,(H,28,30)(H2,27,32,33)/b23-17-. The van der Waals surface area contributed by atoms with Gasteiger partial charge in [0.1, 0.15) is 4.32 Å². The lowest BCUT2D eigenvalue weighted by Gasteiger charge is -2.14. The van der Waals surface area contributed by atoms with Gasteiger partial charge in [-0.15, -0.1) is 0 Å². The summed E-state index contributed by atoms with van der Waals surface area (Å²) >= 11 is 6.64. The zero-order valence-electron chi connectivity index (χ0n) is 19.1. The summed E-state index contributed by atoms with van der Waals surface area (Å²) in [5, 5.41) is 7.77. The molecule has 0 aliphatic carbocycles. The van der Waals surface area contributed by atoms with Crippen LogP contribution in [0.4, 0.5) is 5.69 Å². The lowest BCUT2D eigenvalue weighted by atomic mass is 10.0. The third-order valence-corrected chi connectivity index (χ3v) is 7.75. The molecule has 0 saturated carbocycles. The number of anilines is 1. The maximum absolute atomic E-state index is 12.9. The Balaban J connectivity index is 1.30. The monoisotopic (exact) mass is 537 g/mol. The van der Waals surface area contributed by atoms with Gasteiger partial charge < -0.3 is 5.32 Å². The molecule has 3 aromatic carbocycles. The normalized spacial score (nSPS) is 14.9. The van der Waals surface area contributed by atoms with Gasteiger partial charge in [0.15, 0.2) is 0 Å². The van der Waals surface area contributed by atoms with E-state index in [2.05, 4.69) is 5.32 Å². The van der Waals surface area contributed by atoms with Crippen LogP contribution in [-0.4, -0.2) is 36.0 Å². The molecule has 7 nitrogen and oxygen atoms in total. The van der Waals surface area contributed by atoms with Crippen molar-refractivity contribution in [2.45, 2.75) is 17.7 Å². The molecule has 3 N–H and O–H groups in total. The second-order valence-electron chi connectivity index (χ2n) is 8.04. The first kappa shape index (κ1) is 25.8. The highest BCUT2D eigenvalue weighted by atomic mass is 32.2. The van der Waals surface area contributed by atoms with E-state index in [1.807, 2.05) is 60.7 Å². The minimum Gasteiger partial charge on any atom is -0.326 e. The molecular formula is C26H23N3O4S3. The number of thioether (sulfide) groups is 1. The van der Waals surface area contributed by atoms with Crippen LogP contribution in [-0.2, 0) is 19.6 Å². The Morgan fingerprint density at radius 1 is 0.972 bits per heavy atom. The van der Waals surface area contributed by atoms with Crippen LogP contribution in [0.15, 0.2) is 88.7 Å². The van der Waals surface area contributed by atoms with Crippen molar-refractivity contribution in [3.63, 3.8) is 0 Å². The van der Waals surface area contributed by atoms with Gasteiger partial charge in [-0.1, -0.05) is 78.6 Å². The van der Waals surface area contributed by atoms with Crippen molar-refractivity contribution in [3.8, 4) is 11.1 Å². The van der Waals surface area contributed by atoms with Crippen molar-refractivity contribution in [2.24, 2.45) is 5.14 Å². The summed E-state index contributed by atoms with van der Waals surface area (Å²) in [7, 11) is -3.79. The summed E-state index contributed by atoms with van der Waals surface area (Å²) < 4.78 is 23.1. The van der Waals surface area contributed by atoms with Crippen molar-refractivity contribution in [1.29, 1.82) is 0 Å². The van der Waals surface area contributed by atoms with Gasteiger partial charge in [0, 0.05) is 18.7 Å². The van der Waals surface area contributed by atoms with E-state index in [4.69, 9.17) is 17.4 Å². The second kappa shape index (κ2) is 11.2. The molecule has 184 valence electrons. The van der Waals surface area contributed by atoms with Gasteiger partial charge >= 0.3 is 0 Å². The molecule has 0 unspecified atom stereocenters. The van der Waals surface area contributed by atoms with Crippen LogP contribution in [0.1, 0.15) is 18.4 Å². The lowest BCUT2D eigenvalue weighted by molar-refractivity contribution is -0.122. The Morgan fingerprint density at radius 2 is 1.61 bits per heavy atom. The Morgan fingerprint density at radius 3 is 2.25 bits per heavy atom. The second-order valence-corrected chi connectivity index (χ2v) is 11.3. The molecule has 4 rings (SSSR count). The topological polar surface area (TPSA) is 110 Å². The highest BCUT2D eigenvalue weighted by molar-refractivity contribution is 8.26. The highest BCUT2D eigenvalue weighted by Crippen LogP contribution is 2.33. The van der Waals surface area contributed by atoms with E-state index >= 15 is 0 Å². The lowest BCUT2D eigenvalue weighted by Crippen LogP contribution is -2.29. The van der Waals surface area contributed by atoms with Gasteiger partial charge in [0.05, 0.1) is 9.80 Å². The summed E-state index contributed by atoms with van der Waals surface area (Å²) in [6.45, 7) is 0.326. The number of nitrogens with two attached hydrogens (primary N) is 1. The summed E-state index contributed by atoms with van der Waals surface area (Å²) in [5.74, 6) is -0.422. The SMILES string of the molecule is NS(=O)(=O)c1ccc(NC(=O)CCCN2C(=O)/C(=C/c3ccc(-c4ccccc4)cc3)SC2=S)cc1. The number of carbonyl (C=O) groups is 2. The molecule has 0 spiro atoms. The van der Waals surface area contributed by atoms with Crippen LogP contribution in [0.2, 0.25) is 0 Å². The molecule has 0 radical (unpaired) electrons. The number of benzene rings is 3. The Labute approximate surface area is 219 Å². The van der Waals surface area contributed by atoms with Crippen LogP contribution in [0.3, 0.4) is 0 Å². The van der Waals surface area contributed by atoms with Crippen LogP contribution >= 0.6 is 24.0 Å². The molecule has 2 amide bonds. The maximum Gasteiger partial charge on any atom is 0.266 e. The predicted molar refractivity (Wildman–Crippen MR) is 147 cm³/mol. The summed E-state index contributed by atoms with van der Waals surface area (Å²) in [6, 6.07) is 23.6. The fourth-order valence-electron chi connectivity index (χ4n) is 3.60. The van der Waals surface area contributed by atoms with E-state index in [-0.39, 0.29) is 23.1 Å². The predicted octanol–water partition coefficient (Wildman–Crippen LogP) is 4.62. The van der Waals surface area contributed by atoms with E-state index in [1.54, 1.807) is 0 Å². The average molecular weight is 538 g/mol. The van der Waals surface area contributed by atoms with Crippen LogP contribution in [0.25, 0.3) is 17.2 Å². The van der Waals surface area contributed by atoms with Gasteiger partial charge in [-0.2, -0.15) is 0 Å². The molecule has 1 saturated heterocycles. The van der Waals surface area contributed by atoms with Gasteiger partial charge in [-0.3, -0.25) is 14.5 Å².